The Labute approximate surface area is 127 Å². The van der Waals surface area contributed by atoms with Crippen LogP contribution in [0.25, 0.3) is 11.0 Å². The van der Waals surface area contributed by atoms with Crippen LogP contribution in [0.3, 0.4) is 0 Å². The molecule has 2 heterocycles. The molecule has 1 unspecified atom stereocenters. The molecule has 2 aromatic carbocycles. The summed E-state index contributed by atoms with van der Waals surface area (Å²) in [6.45, 7) is 2.12. The molecule has 0 N–H and O–H groups in total. The highest BCUT2D eigenvalue weighted by atomic mass is 32.2. The molecule has 1 aliphatic rings. The van der Waals surface area contributed by atoms with Crippen LogP contribution in [0.5, 0.6) is 5.75 Å². The lowest BCUT2D eigenvalue weighted by Gasteiger charge is -2.14. The molecule has 0 bridgehead atoms. The third-order valence-corrected chi connectivity index (χ3v) is 5.16. The van der Waals surface area contributed by atoms with Crippen molar-refractivity contribution in [3.8, 4) is 5.75 Å². The molecule has 1 aromatic heterocycles. The Balaban J connectivity index is 1.85. The largest absolute Gasteiger partial charge is 0.497 e. The molecule has 0 aliphatic carbocycles. The van der Waals surface area contributed by atoms with Gasteiger partial charge in [-0.05, 0) is 24.6 Å². The first kappa shape index (κ1) is 12.8. The number of thioether (sulfide) groups is 1. The zero-order valence-corrected chi connectivity index (χ0v) is 12.9. The van der Waals surface area contributed by atoms with Gasteiger partial charge in [-0.25, -0.2) is 4.98 Å². The van der Waals surface area contributed by atoms with Crippen LogP contribution in [-0.2, 0) is 5.75 Å². The van der Waals surface area contributed by atoms with Crippen molar-refractivity contribution >= 4 is 22.8 Å². The topological polar surface area (TPSA) is 27.1 Å². The summed E-state index contributed by atoms with van der Waals surface area (Å²) in [5.74, 6) is 2.96. The third-order valence-electron chi connectivity index (χ3n) is 3.94. The molecular weight excluding hydrogens is 280 g/mol. The monoisotopic (exact) mass is 296 g/mol. The predicted molar refractivity (Wildman–Crippen MR) is 86.9 cm³/mol. The number of hydrogen-bond acceptors (Lipinski definition) is 3. The average molecular weight is 296 g/mol. The molecule has 1 atom stereocenters. The quantitative estimate of drug-likeness (QED) is 0.711. The van der Waals surface area contributed by atoms with Crippen molar-refractivity contribution in [3.05, 3.63) is 59.4 Å². The van der Waals surface area contributed by atoms with E-state index in [1.165, 1.54) is 16.6 Å². The van der Waals surface area contributed by atoms with Crippen molar-refractivity contribution in [2.75, 3.05) is 7.11 Å². The molecule has 0 spiro atoms. The number of methoxy groups -OCH3 is 1. The second-order valence-corrected chi connectivity index (χ2v) is 6.40. The molecule has 4 rings (SSSR count). The van der Waals surface area contributed by atoms with E-state index in [4.69, 9.17) is 9.72 Å². The molecule has 0 fully saturated rings. The first-order chi connectivity index (χ1) is 10.3. The summed E-state index contributed by atoms with van der Waals surface area (Å²) in [4.78, 5) is 4.76. The zero-order valence-electron chi connectivity index (χ0n) is 12.0. The van der Waals surface area contributed by atoms with Gasteiger partial charge in [0.1, 0.15) is 16.9 Å². The van der Waals surface area contributed by atoms with Crippen LogP contribution < -0.4 is 4.74 Å². The Morgan fingerprint density at radius 1 is 1.19 bits per heavy atom. The number of ether oxygens (including phenoxy) is 1. The summed E-state index contributed by atoms with van der Waals surface area (Å²) in [6, 6.07) is 14.9. The van der Waals surface area contributed by atoms with Crippen LogP contribution in [0.2, 0.25) is 0 Å². The molecule has 4 heteroatoms. The van der Waals surface area contributed by atoms with Gasteiger partial charge in [-0.2, -0.15) is 0 Å². The van der Waals surface area contributed by atoms with Gasteiger partial charge in [0.25, 0.3) is 0 Å². The first-order valence-electron chi connectivity index (χ1n) is 6.99. The van der Waals surface area contributed by atoms with Crippen molar-refractivity contribution in [1.29, 1.82) is 0 Å². The molecule has 21 heavy (non-hydrogen) atoms. The number of nitrogens with zero attached hydrogens (tertiary/aromatic N) is 2. The number of aryl methyl sites for hydroxylation is 1. The smallest absolute Gasteiger partial charge is 0.121 e. The van der Waals surface area contributed by atoms with E-state index in [1.807, 2.05) is 23.9 Å². The summed E-state index contributed by atoms with van der Waals surface area (Å²) in [5, 5.41) is 0.319. The van der Waals surface area contributed by atoms with Crippen molar-refractivity contribution in [3.63, 3.8) is 0 Å². The fraction of sp³-hybridized carbons (Fsp3) is 0.235. The Hall–Kier alpha value is -1.94. The van der Waals surface area contributed by atoms with E-state index in [9.17, 15) is 0 Å². The normalized spacial score (nSPS) is 17.1. The molecule has 0 radical (unpaired) electrons. The highest BCUT2D eigenvalue weighted by Crippen LogP contribution is 2.43. The summed E-state index contributed by atoms with van der Waals surface area (Å²) < 4.78 is 7.64. The van der Waals surface area contributed by atoms with Gasteiger partial charge < -0.3 is 9.30 Å². The van der Waals surface area contributed by atoms with Gasteiger partial charge >= 0.3 is 0 Å². The van der Waals surface area contributed by atoms with E-state index in [0.29, 0.717) is 5.37 Å². The summed E-state index contributed by atoms with van der Waals surface area (Å²) >= 11 is 1.93. The highest BCUT2D eigenvalue weighted by molar-refractivity contribution is 7.99. The number of fused-ring (bicyclic) bond motifs is 3. The second-order valence-electron chi connectivity index (χ2n) is 5.33. The van der Waals surface area contributed by atoms with E-state index in [1.54, 1.807) is 7.11 Å². The molecule has 1 aliphatic heterocycles. The summed E-state index contributed by atoms with van der Waals surface area (Å²) in [5.41, 5.74) is 4.82. The second kappa shape index (κ2) is 4.81. The first-order valence-corrected chi connectivity index (χ1v) is 8.04. The number of imidazole rings is 1. The third kappa shape index (κ3) is 2.02. The number of rotatable bonds is 2. The van der Waals surface area contributed by atoms with E-state index in [-0.39, 0.29) is 0 Å². The number of hydrogen-bond donors (Lipinski definition) is 0. The van der Waals surface area contributed by atoms with Gasteiger partial charge in [0.05, 0.1) is 23.9 Å². The maximum atomic E-state index is 5.29. The number of aromatic nitrogens is 2. The fourth-order valence-electron chi connectivity index (χ4n) is 2.82. The molecule has 3 aromatic rings. The molecule has 3 nitrogen and oxygen atoms in total. The lowest BCUT2D eigenvalue weighted by molar-refractivity contribution is 0.415. The van der Waals surface area contributed by atoms with Crippen LogP contribution in [0, 0.1) is 6.92 Å². The zero-order chi connectivity index (χ0) is 14.4. The fourth-order valence-corrected chi connectivity index (χ4v) is 4.07. The van der Waals surface area contributed by atoms with Gasteiger partial charge in [-0.15, -0.1) is 11.8 Å². The molecule has 0 saturated heterocycles. The van der Waals surface area contributed by atoms with Crippen LogP contribution in [0.1, 0.15) is 22.3 Å². The maximum Gasteiger partial charge on any atom is 0.121 e. The van der Waals surface area contributed by atoms with Gasteiger partial charge in [-0.1, -0.05) is 29.8 Å². The van der Waals surface area contributed by atoms with Crippen LogP contribution in [-0.4, -0.2) is 16.7 Å². The minimum absolute atomic E-state index is 0.319. The van der Waals surface area contributed by atoms with Crippen molar-refractivity contribution in [2.45, 2.75) is 18.1 Å². The number of benzene rings is 2. The van der Waals surface area contributed by atoms with Crippen LogP contribution in [0.4, 0.5) is 0 Å². The minimum Gasteiger partial charge on any atom is -0.497 e. The SMILES string of the molecule is COc1ccc2c(c1)nc1n2C(c2ccc(C)cc2)SC1. The lowest BCUT2D eigenvalue weighted by atomic mass is 10.1. The molecule has 0 saturated carbocycles. The van der Waals surface area contributed by atoms with Crippen LogP contribution >= 0.6 is 11.8 Å². The van der Waals surface area contributed by atoms with E-state index < -0.39 is 0 Å². The molecular formula is C17H16N2OS. The van der Waals surface area contributed by atoms with E-state index in [0.717, 1.165) is 22.8 Å². The van der Waals surface area contributed by atoms with Crippen LogP contribution in [0.15, 0.2) is 42.5 Å². The lowest BCUT2D eigenvalue weighted by Crippen LogP contribution is -2.03. The summed E-state index contributed by atoms with van der Waals surface area (Å²) in [6.07, 6.45) is 0. The highest BCUT2D eigenvalue weighted by Gasteiger charge is 2.27. The maximum absolute atomic E-state index is 5.29. The standard InChI is InChI=1S/C17H16N2OS/c1-11-3-5-12(6-4-11)17-19-15-8-7-13(20-2)9-14(15)18-16(19)10-21-17/h3-9,17H,10H2,1-2H3. The molecule has 0 amide bonds. The Kier molecular flexibility index (Phi) is 2.93. The van der Waals surface area contributed by atoms with Crippen molar-refractivity contribution in [2.24, 2.45) is 0 Å². The van der Waals surface area contributed by atoms with E-state index in [2.05, 4.69) is 41.8 Å². The average Bonchev–Trinajstić information content (AvgIpc) is 3.06. The summed E-state index contributed by atoms with van der Waals surface area (Å²) in [7, 11) is 1.69. The van der Waals surface area contributed by atoms with E-state index >= 15 is 0 Å². The minimum atomic E-state index is 0.319. The Bertz CT molecular complexity index is 808. The molecule has 106 valence electrons. The Morgan fingerprint density at radius 3 is 2.76 bits per heavy atom. The van der Waals surface area contributed by atoms with Gasteiger partial charge in [-0.3, -0.25) is 0 Å². The Morgan fingerprint density at radius 2 is 2.00 bits per heavy atom. The predicted octanol–water partition coefficient (Wildman–Crippen LogP) is 4.15. The van der Waals surface area contributed by atoms with Gasteiger partial charge in [0, 0.05) is 6.07 Å². The van der Waals surface area contributed by atoms with Gasteiger partial charge in [0.15, 0.2) is 0 Å². The van der Waals surface area contributed by atoms with Crippen molar-refractivity contribution in [1.82, 2.24) is 9.55 Å². The van der Waals surface area contributed by atoms with Gasteiger partial charge in [0.2, 0.25) is 0 Å². The van der Waals surface area contributed by atoms with Crippen molar-refractivity contribution < 1.29 is 4.74 Å².